The summed E-state index contributed by atoms with van der Waals surface area (Å²) in [5, 5.41) is 1.83. The van der Waals surface area contributed by atoms with Crippen LogP contribution < -0.4 is 4.74 Å². The highest BCUT2D eigenvalue weighted by molar-refractivity contribution is 14.1. The maximum absolute atomic E-state index is 11.8. The Labute approximate surface area is 154 Å². The highest BCUT2D eigenvalue weighted by Crippen LogP contribution is 2.30. The van der Waals surface area contributed by atoms with E-state index in [4.69, 9.17) is 14.2 Å². The quantitative estimate of drug-likeness (QED) is 0.530. The molecule has 0 aliphatic heterocycles. The molecule has 0 aliphatic carbocycles. The summed E-state index contributed by atoms with van der Waals surface area (Å²) in [6.45, 7) is 5.27. The zero-order valence-corrected chi connectivity index (χ0v) is 16.2. The van der Waals surface area contributed by atoms with Gasteiger partial charge in [0.1, 0.15) is 11.4 Å². The van der Waals surface area contributed by atoms with Gasteiger partial charge in [0.05, 0.1) is 16.2 Å². The van der Waals surface area contributed by atoms with Crippen molar-refractivity contribution in [3.63, 3.8) is 0 Å². The lowest BCUT2D eigenvalue weighted by atomic mass is 10.1. The van der Waals surface area contributed by atoms with E-state index in [0.29, 0.717) is 11.3 Å². The van der Waals surface area contributed by atoms with Gasteiger partial charge in [0.25, 0.3) is 0 Å². The third kappa shape index (κ3) is 4.59. The van der Waals surface area contributed by atoms with Gasteiger partial charge in [-0.15, -0.1) is 0 Å². The number of hydrogen-bond donors (Lipinski definition) is 0. The lowest BCUT2D eigenvalue weighted by molar-refractivity contribution is -0.157. The molecule has 0 fully saturated rings. The highest BCUT2D eigenvalue weighted by Gasteiger charge is 2.17. The number of rotatable bonds is 4. The van der Waals surface area contributed by atoms with E-state index in [-0.39, 0.29) is 12.6 Å². The number of benzene rings is 2. The lowest BCUT2D eigenvalue weighted by Gasteiger charge is -2.19. The molecule has 0 radical (unpaired) electrons. The molecule has 0 N–H and O–H groups in total. The number of hydrogen-bond acceptors (Lipinski definition) is 5. The van der Waals surface area contributed by atoms with Crippen LogP contribution in [0.5, 0.6) is 5.75 Å². The minimum Gasteiger partial charge on any atom is -0.481 e. The summed E-state index contributed by atoms with van der Waals surface area (Å²) in [5.74, 6) is -0.198. The van der Waals surface area contributed by atoms with Crippen LogP contribution in [0.4, 0.5) is 0 Å². The van der Waals surface area contributed by atoms with Crippen molar-refractivity contribution in [2.45, 2.75) is 26.4 Å². The van der Waals surface area contributed by atoms with Crippen molar-refractivity contribution in [3.05, 3.63) is 39.5 Å². The molecule has 2 aromatic rings. The molecule has 0 atom stereocenters. The van der Waals surface area contributed by atoms with E-state index < -0.39 is 11.6 Å². The van der Waals surface area contributed by atoms with Crippen LogP contribution in [0.1, 0.15) is 31.1 Å². The normalized spacial score (nSPS) is 11.2. The molecular weight excluding hydrogens is 423 g/mol. The Morgan fingerprint density at radius 2 is 1.83 bits per heavy atom. The molecule has 2 aromatic carbocycles. The molecule has 0 unspecified atom stereocenters. The minimum atomic E-state index is -0.540. The van der Waals surface area contributed by atoms with E-state index in [0.717, 1.165) is 14.3 Å². The Bertz CT molecular complexity index is 777. The number of esters is 2. The summed E-state index contributed by atoms with van der Waals surface area (Å²) in [7, 11) is 1.35. The van der Waals surface area contributed by atoms with E-state index in [9.17, 15) is 9.59 Å². The molecule has 0 heterocycles. The average Bonchev–Trinajstić information content (AvgIpc) is 2.51. The number of halogens is 1. The third-order valence-corrected chi connectivity index (χ3v) is 4.22. The fraction of sp³-hybridized carbons (Fsp3) is 0.333. The Kier molecular flexibility index (Phi) is 5.69. The number of methoxy groups -OCH3 is 1. The highest BCUT2D eigenvalue weighted by atomic mass is 127. The van der Waals surface area contributed by atoms with Crippen molar-refractivity contribution in [1.29, 1.82) is 0 Å². The van der Waals surface area contributed by atoms with Gasteiger partial charge in [-0.3, -0.25) is 0 Å². The van der Waals surface area contributed by atoms with Crippen molar-refractivity contribution in [2.75, 3.05) is 13.7 Å². The molecule has 2 rings (SSSR count). The van der Waals surface area contributed by atoms with Crippen LogP contribution in [0, 0.1) is 3.57 Å². The second-order valence-corrected chi connectivity index (χ2v) is 7.26. The van der Waals surface area contributed by atoms with Crippen LogP contribution in [0.25, 0.3) is 10.8 Å². The van der Waals surface area contributed by atoms with Crippen LogP contribution >= 0.6 is 22.6 Å². The first-order valence-electron chi connectivity index (χ1n) is 7.36. The molecule has 128 valence electrons. The molecule has 0 saturated carbocycles. The Morgan fingerprint density at radius 1 is 1.12 bits per heavy atom. The van der Waals surface area contributed by atoms with Gasteiger partial charge in [-0.25, -0.2) is 9.59 Å². The lowest BCUT2D eigenvalue weighted by Crippen LogP contribution is -2.27. The summed E-state index contributed by atoms with van der Waals surface area (Å²) < 4.78 is 16.4. The fourth-order valence-electron chi connectivity index (χ4n) is 2.14. The molecule has 0 spiro atoms. The summed E-state index contributed by atoms with van der Waals surface area (Å²) in [5.41, 5.74) is -0.0513. The van der Waals surface area contributed by atoms with Crippen molar-refractivity contribution < 1.29 is 23.8 Å². The Hall–Kier alpha value is -1.83. The van der Waals surface area contributed by atoms with Crippen molar-refractivity contribution in [3.8, 4) is 5.75 Å². The second-order valence-electron chi connectivity index (χ2n) is 6.18. The second kappa shape index (κ2) is 7.38. The standard InChI is InChI=1S/C18H19IO5/c1-18(2,3)24-15(20)10-23-14-8-6-11-9-12(17(21)22-4)5-7-13(11)16(14)19/h5-9H,10H2,1-4H3. The van der Waals surface area contributed by atoms with Gasteiger partial charge in [-0.1, -0.05) is 12.1 Å². The summed E-state index contributed by atoms with van der Waals surface area (Å²) >= 11 is 2.16. The number of carbonyl (C=O) groups is 2. The smallest absolute Gasteiger partial charge is 0.344 e. The first kappa shape index (κ1) is 18.5. The maximum atomic E-state index is 11.8. The predicted octanol–water partition coefficient (Wildman–Crippen LogP) is 3.95. The first-order valence-corrected chi connectivity index (χ1v) is 8.44. The molecule has 0 saturated heterocycles. The molecule has 24 heavy (non-hydrogen) atoms. The van der Waals surface area contributed by atoms with Crippen molar-refractivity contribution >= 4 is 45.3 Å². The first-order chi connectivity index (χ1) is 11.2. The molecular formula is C18H19IO5. The maximum Gasteiger partial charge on any atom is 0.344 e. The third-order valence-electron chi connectivity index (χ3n) is 3.11. The minimum absolute atomic E-state index is 0.154. The van der Waals surface area contributed by atoms with Crippen LogP contribution in [0.2, 0.25) is 0 Å². The van der Waals surface area contributed by atoms with Gasteiger partial charge in [0.15, 0.2) is 6.61 Å². The number of carbonyl (C=O) groups excluding carboxylic acids is 2. The molecule has 0 bridgehead atoms. The van der Waals surface area contributed by atoms with Crippen LogP contribution in [0.3, 0.4) is 0 Å². The fourth-order valence-corrected chi connectivity index (χ4v) is 2.96. The average molecular weight is 442 g/mol. The topological polar surface area (TPSA) is 61.8 Å². The predicted molar refractivity (Wildman–Crippen MR) is 99.3 cm³/mol. The monoisotopic (exact) mass is 442 g/mol. The van der Waals surface area contributed by atoms with Gasteiger partial charge >= 0.3 is 11.9 Å². The summed E-state index contributed by atoms with van der Waals surface area (Å²) in [4.78, 5) is 23.4. The van der Waals surface area contributed by atoms with E-state index in [1.54, 1.807) is 18.2 Å². The zero-order chi connectivity index (χ0) is 17.9. The van der Waals surface area contributed by atoms with Crippen LogP contribution in [-0.4, -0.2) is 31.3 Å². The van der Waals surface area contributed by atoms with Crippen LogP contribution in [-0.2, 0) is 14.3 Å². The Balaban J connectivity index is 2.19. The molecule has 0 aliphatic rings. The van der Waals surface area contributed by atoms with Crippen LogP contribution in [0.15, 0.2) is 30.3 Å². The van der Waals surface area contributed by atoms with E-state index in [1.807, 2.05) is 32.9 Å². The van der Waals surface area contributed by atoms with Gasteiger partial charge in [-0.2, -0.15) is 0 Å². The molecule has 0 aromatic heterocycles. The largest absolute Gasteiger partial charge is 0.481 e. The number of ether oxygens (including phenoxy) is 3. The SMILES string of the molecule is COC(=O)c1ccc2c(I)c(OCC(=O)OC(C)(C)C)ccc2c1. The van der Waals surface area contributed by atoms with Gasteiger partial charge in [0, 0.05) is 0 Å². The van der Waals surface area contributed by atoms with E-state index >= 15 is 0 Å². The van der Waals surface area contributed by atoms with Gasteiger partial charge in [-0.05, 0) is 72.3 Å². The van der Waals surface area contributed by atoms with Gasteiger partial charge in [0.2, 0.25) is 0 Å². The van der Waals surface area contributed by atoms with E-state index in [1.165, 1.54) is 7.11 Å². The number of fused-ring (bicyclic) bond motifs is 1. The summed E-state index contributed by atoms with van der Waals surface area (Å²) in [6, 6.07) is 8.92. The molecule has 0 amide bonds. The van der Waals surface area contributed by atoms with Crippen molar-refractivity contribution in [1.82, 2.24) is 0 Å². The molecule has 6 heteroatoms. The van der Waals surface area contributed by atoms with Crippen molar-refractivity contribution in [2.24, 2.45) is 0 Å². The molecule has 5 nitrogen and oxygen atoms in total. The Morgan fingerprint density at radius 3 is 2.46 bits per heavy atom. The zero-order valence-electron chi connectivity index (χ0n) is 14.0. The summed E-state index contributed by atoms with van der Waals surface area (Å²) in [6.07, 6.45) is 0. The van der Waals surface area contributed by atoms with E-state index in [2.05, 4.69) is 22.6 Å². The van der Waals surface area contributed by atoms with Gasteiger partial charge < -0.3 is 14.2 Å².